The van der Waals surface area contributed by atoms with Gasteiger partial charge in [0, 0.05) is 0 Å². The van der Waals surface area contributed by atoms with Crippen molar-refractivity contribution in [3.8, 4) is 0 Å². The molecule has 0 aromatic rings. The summed E-state index contributed by atoms with van der Waals surface area (Å²) in [7, 11) is 0. The number of carbonyl (C=O) groups is 1. The van der Waals surface area contributed by atoms with Crippen LogP contribution < -0.4 is 0 Å². The predicted molar refractivity (Wildman–Crippen MR) is 72.1 cm³/mol. The number of aldehydes is 1. The molecule has 3 nitrogen and oxygen atoms in total. The summed E-state index contributed by atoms with van der Waals surface area (Å²) in [5.41, 5.74) is 2.51. The second kappa shape index (κ2) is 5.63. The van der Waals surface area contributed by atoms with Crippen molar-refractivity contribution < 1.29 is 15.0 Å². The van der Waals surface area contributed by atoms with Crippen LogP contribution in [0.2, 0.25) is 0 Å². The topological polar surface area (TPSA) is 57.5 Å². The third kappa shape index (κ3) is 3.18. The highest BCUT2D eigenvalue weighted by Crippen LogP contribution is 2.41. The smallest absolute Gasteiger partial charge is 0.143 e. The van der Waals surface area contributed by atoms with E-state index in [2.05, 4.69) is 0 Å². The highest BCUT2D eigenvalue weighted by molar-refractivity contribution is 5.67. The first-order valence-corrected chi connectivity index (χ1v) is 6.17. The van der Waals surface area contributed by atoms with Crippen molar-refractivity contribution in [3.63, 3.8) is 0 Å². The Morgan fingerprint density at radius 1 is 1.39 bits per heavy atom. The van der Waals surface area contributed by atoms with Crippen molar-refractivity contribution in [1.82, 2.24) is 0 Å². The zero-order chi connectivity index (χ0) is 13.9. The summed E-state index contributed by atoms with van der Waals surface area (Å²) in [5, 5.41) is 19.7. The minimum Gasteiger partial charge on any atom is -0.390 e. The molecule has 0 bridgehead atoms. The van der Waals surface area contributed by atoms with E-state index < -0.39 is 12.2 Å². The SMILES string of the molecule is CC1=C(/C=C/C(C)=C/C=O)C(C)(C)C[C@H](O)[C@@H]1O. The molecule has 18 heavy (non-hydrogen) atoms. The molecule has 2 N–H and O–H groups in total. The molecule has 0 unspecified atom stereocenters. The molecule has 0 saturated carbocycles. The van der Waals surface area contributed by atoms with Gasteiger partial charge in [-0.15, -0.1) is 0 Å². The Labute approximate surface area is 109 Å². The van der Waals surface area contributed by atoms with Gasteiger partial charge in [-0.2, -0.15) is 0 Å². The molecular weight excluding hydrogens is 228 g/mol. The van der Waals surface area contributed by atoms with E-state index in [1.165, 1.54) is 6.08 Å². The zero-order valence-electron chi connectivity index (χ0n) is 11.5. The van der Waals surface area contributed by atoms with Gasteiger partial charge in [0.2, 0.25) is 0 Å². The Morgan fingerprint density at radius 2 is 2.00 bits per heavy atom. The Kier molecular flexibility index (Phi) is 4.65. The molecule has 0 spiro atoms. The Bertz CT molecular complexity index is 413. The van der Waals surface area contributed by atoms with Crippen LogP contribution in [0.5, 0.6) is 0 Å². The average Bonchev–Trinajstić information content (AvgIpc) is 2.25. The van der Waals surface area contributed by atoms with Crippen molar-refractivity contribution in [2.24, 2.45) is 5.41 Å². The predicted octanol–water partition coefficient (Wildman–Crippen LogP) is 2.16. The molecule has 0 amide bonds. The molecule has 0 aliphatic heterocycles. The molecular formula is C15H22O3. The summed E-state index contributed by atoms with van der Waals surface area (Å²) < 4.78 is 0. The summed E-state index contributed by atoms with van der Waals surface area (Å²) in [6.45, 7) is 7.78. The molecule has 0 aromatic carbocycles. The number of aliphatic hydroxyl groups is 2. The number of hydrogen-bond acceptors (Lipinski definition) is 3. The highest BCUT2D eigenvalue weighted by Gasteiger charge is 2.36. The molecule has 3 heteroatoms. The van der Waals surface area contributed by atoms with E-state index in [0.29, 0.717) is 6.42 Å². The molecule has 0 radical (unpaired) electrons. The maximum absolute atomic E-state index is 10.4. The summed E-state index contributed by atoms with van der Waals surface area (Å²) in [5.74, 6) is 0. The molecule has 0 aromatic heterocycles. The lowest BCUT2D eigenvalue weighted by Crippen LogP contribution is -2.38. The minimum atomic E-state index is -0.798. The fraction of sp³-hybridized carbons (Fsp3) is 0.533. The number of aliphatic hydroxyl groups excluding tert-OH is 2. The van der Waals surface area contributed by atoms with E-state index in [9.17, 15) is 15.0 Å². The number of hydrogen-bond donors (Lipinski definition) is 2. The van der Waals surface area contributed by atoms with Gasteiger partial charge in [-0.1, -0.05) is 26.0 Å². The second-order valence-electron chi connectivity index (χ2n) is 5.58. The van der Waals surface area contributed by atoms with Crippen LogP contribution in [0.3, 0.4) is 0 Å². The van der Waals surface area contributed by atoms with Crippen molar-refractivity contribution >= 4 is 6.29 Å². The van der Waals surface area contributed by atoms with Crippen LogP contribution in [0.4, 0.5) is 0 Å². The Hall–Kier alpha value is -1.19. The van der Waals surface area contributed by atoms with Crippen molar-refractivity contribution in [2.75, 3.05) is 0 Å². The van der Waals surface area contributed by atoms with E-state index in [0.717, 1.165) is 23.0 Å². The van der Waals surface area contributed by atoms with E-state index >= 15 is 0 Å². The van der Waals surface area contributed by atoms with Gasteiger partial charge >= 0.3 is 0 Å². The van der Waals surface area contributed by atoms with Crippen molar-refractivity contribution in [1.29, 1.82) is 0 Å². The minimum absolute atomic E-state index is 0.180. The van der Waals surface area contributed by atoms with Gasteiger partial charge < -0.3 is 10.2 Å². The van der Waals surface area contributed by atoms with Gasteiger partial charge in [0.25, 0.3) is 0 Å². The lowest BCUT2D eigenvalue weighted by Gasteiger charge is -2.38. The van der Waals surface area contributed by atoms with Crippen LogP contribution in [-0.2, 0) is 4.79 Å². The summed E-state index contributed by atoms with van der Waals surface area (Å²) >= 11 is 0. The maximum Gasteiger partial charge on any atom is 0.143 e. The van der Waals surface area contributed by atoms with Gasteiger partial charge in [-0.05, 0) is 48.5 Å². The maximum atomic E-state index is 10.4. The summed E-state index contributed by atoms with van der Waals surface area (Å²) in [4.78, 5) is 10.4. The lowest BCUT2D eigenvalue weighted by atomic mass is 9.70. The summed E-state index contributed by atoms with van der Waals surface area (Å²) in [6.07, 6.45) is 5.07. The van der Waals surface area contributed by atoms with Crippen LogP contribution in [-0.4, -0.2) is 28.7 Å². The van der Waals surface area contributed by atoms with Gasteiger partial charge in [-0.25, -0.2) is 0 Å². The molecule has 0 fully saturated rings. The number of allylic oxidation sites excluding steroid dienone is 5. The molecule has 1 aliphatic rings. The van der Waals surface area contributed by atoms with E-state index in [-0.39, 0.29) is 5.41 Å². The first-order valence-electron chi connectivity index (χ1n) is 6.17. The van der Waals surface area contributed by atoms with E-state index in [1.807, 2.05) is 39.8 Å². The standard InChI is InChI=1S/C15H22O3/c1-10(7-8-16)5-6-12-11(2)14(18)13(17)9-15(12,3)4/h5-8,13-14,17-18H,9H2,1-4H3/b6-5+,10-7+/t13-,14+/m0/s1. The van der Waals surface area contributed by atoms with Crippen LogP contribution in [0, 0.1) is 5.41 Å². The molecule has 0 saturated heterocycles. The van der Waals surface area contributed by atoms with Gasteiger partial charge in [-0.3, -0.25) is 4.79 Å². The molecule has 0 heterocycles. The van der Waals surface area contributed by atoms with Crippen LogP contribution in [0.25, 0.3) is 0 Å². The van der Waals surface area contributed by atoms with Crippen LogP contribution in [0.1, 0.15) is 34.1 Å². The van der Waals surface area contributed by atoms with E-state index in [1.54, 1.807) is 0 Å². The van der Waals surface area contributed by atoms with Crippen molar-refractivity contribution in [3.05, 3.63) is 34.9 Å². The third-order valence-corrected chi connectivity index (χ3v) is 3.53. The molecule has 2 atom stereocenters. The van der Waals surface area contributed by atoms with Gasteiger partial charge in [0.05, 0.1) is 6.10 Å². The van der Waals surface area contributed by atoms with E-state index in [4.69, 9.17) is 0 Å². The van der Waals surface area contributed by atoms with Crippen LogP contribution >= 0.6 is 0 Å². The van der Waals surface area contributed by atoms with Crippen LogP contribution in [0.15, 0.2) is 34.9 Å². The molecule has 1 aliphatic carbocycles. The van der Waals surface area contributed by atoms with Gasteiger partial charge in [0.1, 0.15) is 12.4 Å². The monoisotopic (exact) mass is 250 g/mol. The number of rotatable bonds is 3. The van der Waals surface area contributed by atoms with Gasteiger partial charge in [0.15, 0.2) is 0 Å². The first kappa shape index (κ1) is 14.9. The third-order valence-electron chi connectivity index (χ3n) is 3.53. The average molecular weight is 250 g/mol. The van der Waals surface area contributed by atoms with Crippen molar-refractivity contribution in [2.45, 2.75) is 46.3 Å². The first-order chi connectivity index (χ1) is 8.29. The Morgan fingerprint density at radius 3 is 2.56 bits per heavy atom. The normalized spacial score (nSPS) is 28.9. The largest absolute Gasteiger partial charge is 0.390 e. The number of carbonyl (C=O) groups excluding carboxylic acids is 1. The fourth-order valence-corrected chi connectivity index (χ4v) is 2.46. The molecule has 1 rings (SSSR count). The zero-order valence-corrected chi connectivity index (χ0v) is 11.5. The quantitative estimate of drug-likeness (QED) is 0.458. The fourth-order valence-electron chi connectivity index (χ4n) is 2.46. The molecule has 100 valence electrons. The Balaban J connectivity index is 3.10. The lowest BCUT2D eigenvalue weighted by molar-refractivity contribution is -0.104. The summed E-state index contributed by atoms with van der Waals surface area (Å²) in [6, 6.07) is 0. The second-order valence-corrected chi connectivity index (χ2v) is 5.58. The highest BCUT2D eigenvalue weighted by atomic mass is 16.3.